The van der Waals surface area contributed by atoms with Gasteiger partial charge >= 0.3 is 0 Å². The maximum Gasteiger partial charge on any atom is 0.139 e. The maximum atomic E-state index is 6.03. The van der Waals surface area contributed by atoms with Crippen molar-refractivity contribution in [2.75, 3.05) is 0 Å². The molecular formula is C25H19NO. The molecule has 0 spiro atoms. The van der Waals surface area contributed by atoms with E-state index in [2.05, 4.69) is 62.4 Å². The second-order valence-electron chi connectivity index (χ2n) is 7.01. The van der Waals surface area contributed by atoms with Crippen LogP contribution in [0.2, 0.25) is 0 Å². The minimum Gasteiger partial charge on any atom is -0.456 e. The van der Waals surface area contributed by atoms with Gasteiger partial charge < -0.3 is 4.42 Å². The lowest BCUT2D eigenvalue weighted by atomic mass is 9.94. The Morgan fingerprint density at radius 1 is 0.667 bits per heavy atom. The van der Waals surface area contributed by atoms with E-state index in [4.69, 9.17) is 9.40 Å². The number of pyridine rings is 1. The summed E-state index contributed by atoms with van der Waals surface area (Å²) in [4.78, 5) is 4.72. The van der Waals surface area contributed by atoms with Gasteiger partial charge in [-0.3, -0.25) is 4.98 Å². The lowest BCUT2D eigenvalue weighted by Gasteiger charge is -2.11. The molecule has 0 aliphatic rings. The van der Waals surface area contributed by atoms with Crippen LogP contribution in [0.1, 0.15) is 11.1 Å². The van der Waals surface area contributed by atoms with Crippen LogP contribution in [0.15, 0.2) is 83.4 Å². The summed E-state index contributed by atoms with van der Waals surface area (Å²) < 4.78 is 6.03. The van der Waals surface area contributed by atoms with E-state index in [0.29, 0.717) is 0 Å². The third kappa shape index (κ3) is 2.61. The molecule has 27 heavy (non-hydrogen) atoms. The van der Waals surface area contributed by atoms with Crippen LogP contribution in [-0.4, -0.2) is 4.98 Å². The Balaban J connectivity index is 1.66. The van der Waals surface area contributed by atoms with Gasteiger partial charge in [-0.25, -0.2) is 0 Å². The number of nitrogens with zero attached hydrogens (tertiary/aromatic N) is 1. The van der Waals surface area contributed by atoms with E-state index in [1.54, 1.807) is 0 Å². The number of furan rings is 1. The van der Waals surface area contributed by atoms with Crippen molar-refractivity contribution in [3.8, 4) is 22.4 Å². The monoisotopic (exact) mass is 349 g/mol. The highest BCUT2D eigenvalue weighted by atomic mass is 16.3. The molecule has 2 heteroatoms. The van der Waals surface area contributed by atoms with E-state index in [-0.39, 0.29) is 0 Å². The predicted octanol–water partition coefficient (Wildman–Crippen LogP) is 6.93. The molecule has 0 bridgehead atoms. The van der Waals surface area contributed by atoms with Gasteiger partial charge in [0.05, 0.1) is 5.69 Å². The summed E-state index contributed by atoms with van der Waals surface area (Å²) in [5.41, 5.74) is 8.88. The molecule has 0 saturated heterocycles. The number of fused-ring (bicyclic) bond motifs is 3. The average Bonchev–Trinajstić information content (AvgIpc) is 3.06. The highest BCUT2D eigenvalue weighted by molar-refractivity contribution is 6.05. The van der Waals surface area contributed by atoms with Crippen molar-refractivity contribution in [2.45, 2.75) is 13.8 Å². The standard InChI is InChI=1S/C25H19NO/c1-16-7-5-8-17(2)25(16)19-10-6-9-18(13-19)22-14-24-21(15-26-22)20-11-3-4-12-23(20)27-24/h3-15H,1-2H3. The second-order valence-corrected chi connectivity index (χ2v) is 7.01. The lowest BCUT2D eigenvalue weighted by molar-refractivity contribution is 0.668. The zero-order valence-corrected chi connectivity index (χ0v) is 15.4. The quantitative estimate of drug-likeness (QED) is 0.345. The molecule has 5 rings (SSSR count). The van der Waals surface area contributed by atoms with Crippen molar-refractivity contribution in [3.63, 3.8) is 0 Å². The number of aromatic nitrogens is 1. The first-order chi connectivity index (χ1) is 13.2. The summed E-state index contributed by atoms with van der Waals surface area (Å²) in [6.45, 7) is 4.32. The van der Waals surface area contributed by atoms with Gasteiger partial charge in [0.2, 0.25) is 0 Å². The van der Waals surface area contributed by atoms with Crippen LogP contribution in [0.25, 0.3) is 44.3 Å². The molecule has 0 saturated carbocycles. The first-order valence-electron chi connectivity index (χ1n) is 9.15. The number of hydrogen-bond acceptors (Lipinski definition) is 2. The van der Waals surface area contributed by atoms with Crippen LogP contribution in [0.4, 0.5) is 0 Å². The fourth-order valence-corrected chi connectivity index (χ4v) is 3.88. The first-order valence-corrected chi connectivity index (χ1v) is 9.15. The highest BCUT2D eigenvalue weighted by Gasteiger charge is 2.11. The summed E-state index contributed by atoms with van der Waals surface area (Å²) in [6, 6.07) is 25.1. The minimum atomic E-state index is 0.874. The van der Waals surface area contributed by atoms with Gasteiger partial charge in [-0.05, 0) is 48.2 Å². The molecule has 0 aliphatic carbocycles. The molecule has 130 valence electrons. The van der Waals surface area contributed by atoms with Gasteiger partial charge in [0.15, 0.2) is 0 Å². The van der Waals surface area contributed by atoms with E-state index in [1.165, 1.54) is 22.3 Å². The summed E-state index contributed by atoms with van der Waals surface area (Å²) in [5.74, 6) is 0. The Labute approximate surface area is 158 Å². The molecule has 0 fully saturated rings. The van der Waals surface area contributed by atoms with Crippen LogP contribution in [-0.2, 0) is 0 Å². The summed E-state index contributed by atoms with van der Waals surface area (Å²) >= 11 is 0. The van der Waals surface area contributed by atoms with Crippen LogP contribution < -0.4 is 0 Å². The summed E-state index contributed by atoms with van der Waals surface area (Å²) in [5, 5.41) is 2.16. The molecule has 0 unspecified atom stereocenters. The Hall–Kier alpha value is -3.39. The minimum absolute atomic E-state index is 0.874. The van der Waals surface area contributed by atoms with Gasteiger partial charge in [-0.1, -0.05) is 54.6 Å². The van der Waals surface area contributed by atoms with Gasteiger partial charge in [0.25, 0.3) is 0 Å². The van der Waals surface area contributed by atoms with Crippen LogP contribution >= 0.6 is 0 Å². The fourth-order valence-electron chi connectivity index (χ4n) is 3.88. The van der Waals surface area contributed by atoms with Gasteiger partial charge in [0, 0.05) is 28.6 Å². The van der Waals surface area contributed by atoms with E-state index in [1.807, 2.05) is 30.5 Å². The zero-order chi connectivity index (χ0) is 18.4. The molecule has 0 radical (unpaired) electrons. The van der Waals surface area contributed by atoms with Gasteiger partial charge in [-0.2, -0.15) is 0 Å². The second kappa shape index (κ2) is 6.10. The summed E-state index contributed by atoms with van der Waals surface area (Å²) in [6.07, 6.45) is 1.92. The predicted molar refractivity (Wildman–Crippen MR) is 112 cm³/mol. The molecule has 0 amide bonds. The fraction of sp³-hybridized carbons (Fsp3) is 0.0800. The van der Waals surface area contributed by atoms with E-state index in [0.717, 1.165) is 33.2 Å². The molecule has 0 N–H and O–H groups in total. The number of benzene rings is 3. The Kier molecular flexibility index (Phi) is 3.58. The van der Waals surface area contributed by atoms with Gasteiger partial charge in [0.1, 0.15) is 11.2 Å². The molecular weight excluding hydrogens is 330 g/mol. The largest absolute Gasteiger partial charge is 0.456 e. The highest BCUT2D eigenvalue weighted by Crippen LogP contribution is 2.33. The Morgan fingerprint density at radius 3 is 2.26 bits per heavy atom. The molecule has 3 aromatic carbocycles. The van der Waals surface area contributed by atoms with E-state index < -0.39 is 0 Å². The van der Waals surface area contributed by atoms with Crippen molar-refractivity contribution in [2.24, 2.45) is 0 Å². The van der Waals surface area contributed by atoms with Crippen LogP contribution in [0.3, 0.4) is 0 Å². The first kappa shape index (κ1) is 15.8. The maximum absolute atomic E-state index is 6.03. The van der Waals surface area contributed by atoms with E-state index in [9.17, 15) is 0 Å². The number of hydrogen-bond donors (Lipinski definition) is 0. The Morgan fingerprint density at radius 2 is 1.41 bits per heavy atom. The number of rotatable bonds is 2. The molecule has 0 atom stereocenters. The van der Waals surface area contributed by atoms with Crippen molar-refractivity contribution >= 4 is 21.9 Å². The molecule has 2 aromatic heterocycles. The van der Waals surface area contributed by atoms with Crippen molar-refractivity contribution in [1.29, 1.82) is 0 Å². The van der Waals surface area contributed by atoms with Crippen molar-refractivity contribution in [3.05, 3.63) is 90.1 Å². The van der Waals surface area contributed by atoms with E-state index >= 15 is 0 Å². The topological polar surface area (TPSA) is 26.0 Å². The molecule has 0 aliphatic heterocycles. The average molecular weight is 349 g/mol. The van der Waals surface area contributed by atoms with Crippen LogP contribution in [0.5, 0.6) is 0 Å². The number of para-hydroxylation sites is 1. The Bertz CT molecular complexity index is 1280. The van der Waals surface area contributed by atoms with Crippen molar-refractivity contribution in [1.82, 2.24) is 4.98 Å². The number of aryl methyl sites for hydroxylation is 2. The van der Waals surface area contributed by atoms with Crippen LogP contribution in [0, 0.1) is 13.8 Å². The normalized spacial score (nSPS) is 11.3. The molecule has 2 nitrogen and oxygen atoms in total. The summed E-state index contributed by atoms with van der Waals surface area (Å²) in [7, 11) is 0. The smallest absolute Gasteiger partial charge is 0.139 e. The van der Waals surface area contributed by atoms with Crippen molar-refractivity contribution < 1.29 is 4.42 Å². The third-order valence-corrected chi connectivity index (χ3v) is 5.19. The molecule has 2 heterocycles. The zero-order valence-electron chi connectivity index (χ0n) is 15.4. The molecule has 5 aromatic rings. The van der Waals surface area contributed by atoms with Gasteiger partial charge in [-0.15, -0.1) is 0 Å². The lowest BCUT2D eigenvalue weighted by Crippen LogP contribution is -1.89. The SMILES string of the molecule is Cc1cccc(C)c1-c1cccc(-c2cc3oc4ccccc4c3cn2)c1. The third-order valence-electron chi connectivity index (χ3n) is 5.19.